The first-order valence-corrected chi connectivity index (χ1v) is 4.40. The molecule has 0 spiro atoms. The van der Waals surface area contributed by atoms with Crippen molar-refractivity contribution >= 4 is 5.91 Å². The van der Waals surface area contributed by atoms with Crippen molar-refractivity contribution in [3.8, 4) is 0 Å². The van der Waals surface area contributed by atoms with E-state index in [1.54, 1.807) is 18.3 Å². The van der Waals surface area contributed by atoms with Gasteiger partial charge in [-0.1, -0.05) is 19.8 Å². The highest BCUT2D eigenvalue weighted by Crippen LogP contribution is 2.26. The third-order valence-corrected chi connectivity index (χ3v) is 1.81. The Morgan fingerprint density at radius 2 is 2.23 bits per heavy atom. The van der Waals surface area contributed by atoms with Crippen LogP contribution in [0.3, 0.4) is 0 Å². The first-order valence-electron chi connectivity index (χ1n) is 4.40. The number of aromatic nitrogens is 1. The largest absolute Gasteiger partial charge is 0.366 e. The summed E-state index contributed by atoms with van der Waals surface area (Å²) in [7, 11) is 0. The van der Waals surface area contributed by atoms with E-state index >= 15 is 0 Å². The molecule has 1 amide bonds. The second-order valence-electron chi connectivity index (χ2n) is 3.29. The van der Waals surface area contributed by atoms with Crippen LogP contribution in [0.1, 0.15) is 30.1 Å². The number of carbonyl (C=O) groups is 1. The quantitative estimate of drug-likeness (QED) is 0.710. The average Bonchev–Trinajstić information content (AvgIpc) is 2.90. The normalized spacial score (nSPS) is 14.2. The molecule has 0 unspecified atom stereocenters. The van der Waals surface area contributed by atoms with Gasteiger partial charge in [-0.25, -0.2) is 0 Å². The molecule has 1 aliphatic rings. The van der Waals surface area contributed by atoms with Crippen molar-refractivity contribution < 1.29 is 4.79 Å². The highest BCUT2D eigenvalue weighted by Gasteiger charge is 2.12. The summed E-state index contributed by atoms with van der Waals surface area (Å²) in [5.74, 6) is 0.642. The minimum atomic E-state index is -0.442. The Labute approximate surface area is 78.0 Å². The molecule has 1 aromatic heterocycles. The molecule has 0 aliphatic heterocycles. The monoisotopic (exact) mass is 178 g/mol. The van der Waals surface area contributed by atoms with Crippen LogP contribution in [0.15, 0.2) is 24.5 Å². The molecular formula is C10H14N2O. The molecule has 0 aromatic carbocycles. The van der Waals surface area contributed by atoms with Crippen molar-refractivity contribution in [3.63, 3.8) is 0 Å². The Kier molecular flexibility index (Phi) is 3.43. The van der Waals surface area contributed by atoms with E-state index < -0.39 is 5.91 Å². The maximum Gasteiger partial charge on any atom is 0.250 e. The van der Waals surface area contributed by atoms with Crippen LogP contribution in [0.5, 0.6) is 0 Å². The van der Waals surface area contributed by atoms with Gasteiger partial charge in [0.15, 0.2) is 0 Å². The highest BCUT2D eigenvalue weighted by molar-refractivity contribution is 5.92. The molecule has 1 saturated carbocycles. The van der Waals surface area contributed by atoms with Gasteiger partial charge in [-0.15, -0.1) is 0 Å². The average molecular weight is 178 g/mol. The van der Waals surface area contributed by atoms with Crippen LogP contribution in [-0.2, 0) is 0 Å². The zero-order valence-electron chi connectivity index (χ0n) is 7.73. The molecule has 3 heteroatoms. The molecule has 1 aliphatic carbocycles. The van der Waals surface area contributed by atoms with Gasteiger partial charge in [0.1, 0.15) is 0 Å². The predicted molar refractivity (Wildman–Crippen MR) is 51.2 cm³/mol. The number of hydrogen-bond acceptors (Lipinski definition) is 2. The summed E-state index contributed by atoms with van der Waals surface area (Å²) in [5, 5.41) is 0. The minimum Gasteiger partial charge on any atom is -0.366 e. The highest BCUT2D eigenvalue weighted by atomic mass is 16.1. The summed E-state index contributed by atoms with van der Waals surface area (Å²) < 4.78 is 0. The summed E-state index contributed by atoms with van der Waals surface area (Å²) in [6.45, 7) is 2.28. The van der Waals surface area contributed by atoms with E-state index in [0.29, 0.717) is 5.56 Å². The first-order chi connectivity index (χ1) is 6.20. The summed E-state index contributed by atoms with van der Waals surface area (Å²) in [4.78, 5) is 14.1. The number of hydrogen-bond donors (Lipinski definition) is 1. The summed E-state index contributed by atoms with van der Waals surface area (Å²) >= 11 is 0. The number of carbonyl (C=O) groups excluding carboxylic acids is 1. The Morgan fingerprint density at radius 3 is 2.46 bits per heavy atom. The smallest absolute Gasteiger partial charge is 0.250 e. The lowest BCUT2D eigenvalue weighted by atomic mass is 10.3. The Balaban J connectivity index is 0.000000175. The number of pyridine rings is 1. The first kappa shape index (κ1) is 9.71. The van der Waals surface area contributed by atoms with E-state index in [-0.39, 0.29) is 0 Å². The van der Waals surface area contributed by atoms with Gasteiger partial charge in [0.2, 0.25) is 5.91 Å². The fourth-order valence-electron chi connectivity index (χ4n) is 0.675. The fourth-order valence-corrected chi connectivity index (χ4v) is 0.675. The number of amides is 1. The van der Waals surface area contributed by atoms with Crippen molar-refractivity contribution in [3.05, 3.63) is 30.1 Å². The lowest BCUT2D eigenvalue weighted by Gasteiger charge is -1.88. The Hall–Kier alpha value is -1.38. The van der Waals surface area contributed by atoms with Gasteiger partial charge in [0.05, 0.1) is 5.56 Å². The summed E-state index contributed by atoms with van der Waals surface area (Å²) in [5.41, 5.74) is 5.38. The number of nitrogens with two attached hydrogens (primary N) is 1. The lowest BCUT2D eigenvalue weighted by molar-refractivity contribution is 0.1000. The minimum absolute atomic E-state index is 0.442. The molecule has 70 valence electrons. The van der Waals surface area contributed by atoms with E-state index in [9.17, 15) is 4.79 Å². The van der Waals surface area contributed by atoms with Crippen LogP contribution in [0, 0.1) is 5.92 Å². The van der Waals surface area contributed by atoms with Gasteiger partial charge in [-0.3, -0.25) is 9.78 Å². The molecule has 0 radical (unpaired) electrons. The van der Waals surface area contributed by atoms with Crippen molar-refractivity contribution in [2.24, 2.45) is 11.7 Å². The molecule has 2 rings (SSSR count). The zero-order valence-corrected chi connectivity index (χ0v) is 7.73. The molecule has 0 atom stereocenters. The van der Waals surface area contributed by atoms with Crippen LogP contribution < -0.4 is 5.73 Å². The molecular weight excluding hydrogens is 164 g/mol. The maximum atomic E-state index is 10.4. The van der Waals surface area contributed by atoms with Crippen molar-refractivity contribution in [1.29, 1.82) is 0 Å². The van der Waals surface area contributed by atoms with Gasteiger partial charge < -0.3 is 5.73 Å². The van der Waals surface area contributed by atoms with Crippen LogP contribution in [0.2, 0.25) is 0 Å². The van der Waals surface area contributed by atoms with E-state index in [2.05, 4.69) is 11.9 Å². The van der Waals surface area contributed by atoms with E-state index in [0.717, 1.165) is 5.92 Å². The number of primary amides is 1. The second-order valence-corrected chi connectivity index (χ2v) is 3.29. The fraction of sp³-hybridized carbons (Fsp3) is 0.400. The van der Waals surface area contributed by atoms with Gasteiger partial charge in [0, 0.05) is 12.4 Å². The van der Waals surface area contributed by atoms with E-state index in [4.69, 9.17) is 5.73 Å². The van der Waals surface area contributed by atoms with Gasteiger partial charge in [0.25, 0.3) is 0 Å². The molecule has 1 heterocycles. The molecule has 13 heavy (non-hydrogen) atoms. The molecule has 0 bridgehead atoms. The van der Waals surface area contributed by atoms with E-state index in [1.165, 1.54) is 19.0 Å². The zero-order chi connectivity index (χ0) is 9.68. The summed E-state index contributed by atoms with van der Waals surface area (Å²) in [6, 6.07) is 3.29. The van der Waals surface area contributed by atoms with Gasteiger partial charge in [-0.05, 0) is 18.1 Å². The van der Waals surface area contributed by atoms with Gasteiger partial charge in [-0.2, -0.15) is 0 Å². The Morgan fingerprint density at radius 1 is 1.62 bits per heavy atom. The third-order valence-electron chi connectivity index (χ3n) is 1.81. The lowest BCUT2D eigenvalue weighted by Crippen LogP contribution is -2.10. The van der Waals surface area contributed by atoms with Crippen LogP contribution in [0.4, 0.5) is 0 Å². The summed E-state index contributed by atoms with van der Waals surface area (Å²) in [6.07, 6.45) is 5.99. The van der Waals surface area contributed by atoms with Gasteiger partial charge >= 0.3 is 0 Å². The van der Waals surface area contributed by atoms with E-state index in [1.807, 2.05) is 0 Å². The topological polar surface area (TPSA) is 56.0 Å². The van der Waals surface area contributed by atoms with Crippen molar-refractivity contribution in [2.45, 2.75) is 19.8 Å². The van der Waals surface area contributed by atoms with Crippen LogP contribution in [0.25, 0.3) is 0 Å². The predicted octanol–water partition coefficient (Wildman–Crippen LogP) is 1.60. The third kappa shape index (κ3) is 4.25. The van der Waals surface area contributed by atoms with Crippen molar-refractivity contribution in [2.75, 3.05) is 0 Å². The second kappa shape index (κ2) is 4.60. The van der Waals surface area contributed by atoms with Crippen LogP contribution in [-0.4, -0.2) is 10.9 Å². The molecule has 2 N–H and O–H groups in total. The molecule has 0 saturated heterocycles. The maximum absolute atomic E-state index is 10.4. The van der Waals surface area contributed by atoms with Crippen LogP contribution >= 0.6 is 0 Å². The van der Waals surface area contributed by atoms with Crippen molar-refractivity contribution in [1.82, 2.24) is 4.98 Å². The number of rotatable bonds is 1. The standard InChI is InChI=1S/C6H6N2O.C4H8/c7-6(9)5-2-1-3-8-4-5;1-4-2-3-4/h1-4H,(H2,7,9);4H,2-3H2,1H3. The molecule has 1 fully saturated rings. The number of nitrogens with zero attached hydrogens (tertiary/aromatic N) is 1. The molecule has 3 nitrogen and oxygen atoms in total. The Bertz CT molecular complexity index is 268. The molecule has 1 aromatic rings. The SMILES string of the molecule is CC1CC1.NC(=O)c1cccnc1.